The van der Waals surface area contributed by atoms with E-state index in [2.05, 4.69) is 14.5 Å². The average molecular weight is 252 g/mol. The van der Waals surface area contributed by atoms with Gasteiger partial charge in [-0.3, -0.25) is 4.90 Å². The largest absolute Gasteiger partial charge is 0.330 e. The second-order valence-corrected chi connectivity index (χ2v) is 6.08. The van der Waals surface area contributed by atoms with Crippen LogP contribution in [0, 0.1) is 0 Å². The molecular weight excluding hydrogens is 232 g/mol. The highest BCUT2D eigenvalue weighted by Crippen LogP contribution is 2.37. The fourth-order valence-electron chi connectivity index (χ4n) is 2.58. The molecule has 0 bridgehead atoms. The summed E-state index contributed by atoms with van der Waals surface area (Å²) >= 11 is 2.04. The topological polar surface area (TPSA) is 47.1 Å². The minimum Gasteiger partial charge on any atom is -0.330 e. The van der Waals surface area contributed by atoms with Crippen molar-refractivity contribution in [2.45, 2.75) is 24.9 Å². The van der Waals surface area contributed by atoms with Crippen LogP contribution < -0.4 is 5.73 Å². The molecule has 1 saturated heterocycles. The summed E-state index contributed by atoms with van der Waals surface area (Å²) < 4.78 is 2.35. The first-order valence-electron chi connectivity index (χ1n) is 6.43. The summed E-state index contributed by atoms with van der Waals surface area (Å²) in [6.45, 7) is 3.01. The van der Waals surface area contributed by atoms with Crippen LogP contribution in [0.3, 0.4) is 0 Å². The van der Waals surface area contributed by atoms with Gasteiger partial charge in [-0.25, -0.2) is 4.98 Å². The van der Waals surface area contributed by atoms with Crippen molar-refractivity contribution in [3.05, 3.63) is 18.2 Å². The number of nitrogens with two attached hydrogens (primary N) is 1. The van der Waals surface area contributed by atoms with Crippen LogP contribution in [0.1, 0.15) is 30.6 Å². The molecule has 2 N–H and O–H groups in total. The molecule has 2 heterocycles. The second-order valence-electron chi connectivity index (χ2n) is 4.86. The van der Waals surface area contributed by atoms with Crippen LogP contribution in [0.25, 0.3) is 0 Å². The molecule has 1 saturated carbocycles. The summed E-state index contributed by atoms with van der Waals surface area (Å²) in [5.41, 5.74) is 7.32. The Labute approximate surface area is 107 Å². The fraction of sp³-hybridized carbons (Fsp3) is 0.750. The van der Waals surface area contributed by atoms with Crippen molar-refractivity contribution >= 4 is 11.8 Å². The van der Waals surface area contributed by atoms with Crippen molar-refractivity contribution in [3.63, 3.8) is 0 Å². The zero-order valence-corrected chi connectivity index (χ0v) is 10.9. The quantitative estimate of drug-likeness (QED) is 0.876. The fourth-order valence-corrected chi connectivity index (χ4v) is 3.51. The van der Waals surface area contributed by atoms with Crippen LogP contribution in [0.15, 0.2) is 12.5 Å². The van der Waals surface area contributed by atoms with Crippen LogP contribution in [0.5, 0.6) is 0 Å². The van der Waals surface area contributed by atoms with Crippen LogP contribution in [-0.4, -0.2) is 45.6 Å². The first-order valence-corrected chi connectivity index (χ1v) is 7.59. The van der Waals surface area contributed by atoms with Gasteiger partial charge in [-0.15, -0.1) is 0 Å². The van der Waals surface area contributed by atoms with Gasteiger partial charge in [-0.1, -0.05) is 0 Å². The van der Waals surface area contributed by atoms with E-state index in [1.807, 2.05) is 24.3 Å². The van der Waals surface area contributed by atoms with Crippen LogP contribution in [-0.2, 0) is 0 Å². The zero-order valence-electron chi connectivity index (χ0n) is 10.1. The lowest BCUT2D eigenvalue weighted by atomic mass is 10.1. The van der Waals surface area contributed by atoms with Crippen molar-refractivity contribution in [1.29, 1.82) is 0 Å². The first kappa shape index (κ1) is 11.6. The number of thioether (sulfide) groups is 1. The molecule has 2 fully saturated rings. The van der Waals surface area contributed by atoms with Gasteiger partial charge < -0.3 is 10.3 Å². The molecule has 0 aromatic carbocycles. The lowest BCUT2D eigenvalue weighted by Gasteiger charge is -2.34. The Morgan fingerprint density at radius 1 is 1.41 bits per heavy atom. The molecule has 0 radical (unpaired) electrons. The smallest absolute Gasteiger partial charge is 0.0951 e. The van der Waals surface area contributed by atoms with E-state index in [4.69, 9.17) is 5.73 Å². The van der Waals surface area contributed by atoms with Crippen molar-refractivity contribution in [1.82, 2.24) is 14.5 Å². The lowest BCUT2D eigenvalue weighted by Crippen LogP contribution is -2.40. The molecule has 1 atom stereocenters. The molecule has 2 aliphatic rings. The highest BCUT2D eigenvalue weighted by Gasteiger charge is 2.30. The zero-order chi connectivity index (χ0) is 11.7. The van der Waals surface area contributed by atoms with E-state index >= 15 is 0 Å². The Morgan fingerprint density at radius 2 is 2.18 bits per heavy atom. The SMILES string of the molecule is NCC(c1cncn1C1CC1)N1CCSCC1. The number of aromatic nitrogens is 2. The van der Waals surface area contributed by atoms with E-state index in [9.17, 15) is 0 Å². The highest BCUT2D eigenvalue weighted by atomic mass is 32.2. The Balaban J connectivity index is 1.80. The van der Waals surface area contributed by atoms with E-state index in [-0.39, 0.29) is 0 Å². The Bertz CT molecular complexity index is 368. The van der Waals surface area contributed by atoms with Gasteiger partial charge in [0.2, 0.25) is 0 Å². The molecule has 4 nitrogen and oxygen atoms in total. The van der Waals surface area contributed by atoms with Gasteiger partial charge in [0, 0.05) is 43.4 Å². The van der Waals surface area contributed by atoms with Gasteiger partial charge in [-0.2, -0.15) is 11.8 Å². The predicted molar refractivity (Wildman–Crippen MR) is 71.2 cm³/mol. The normalized spacial score (nSPS) is 23.8. The molecule has 3 rings (SSSR count). The summed E-state index contributed by atoms with van der Waals surface area (Å²) in [5, 5.41) is 0. The number of imidazole rings is 1. The van der Waals surface area contributed by atoms with Crippen LogP contribution in [0.4, 0.5) is 0 Å². The molecule has 5 heteroatoms. The highest BCUT2D eigenvalue weighted by molar-refractivity contribution is 7.99. The molecule has 0 spiro atoms. The van der Waals surface area contributed by atoms with E-state index in [1.54, 1.807) is 0 Å². The minimum atomic E-state index is 0.360. The summed E-state index contributed by atoms with van der Waals surface area (Å²) in [7, 11) is 0. The molecule has 0 amide bonds. The van der Waals surface area contributed by atoms with E-state index in [1.165, 1.54) is 30.0 Å². The third kappa shape index (κ3) is 2.37. The lowest BCUT2D eigenvalue weighted by molar-refractivity contribution is 0.214. The van der Waals surface area contributed by atoms with Gasteiger partial charge in [0.25, 0.3) is 0 Å². The third-order valence-corrected chi connectivity index (χ3v) is 4.63. The van der Waals surface area contributed by atoms with Gasteiger partial charge in [0.05, 0.1) is 18.1 Å². The van der Waals surface area contributed by atoms with Crippen molar-refractivity contribution in [3.8, 4) is 0 Å². The molecule has 1 aromatic heterocycles. The molecule has 1 aromatic rings. The summed E-state index contributed by atoms with van der Waals surface area (Å²) in [6.07, 6.45) is 6.60. The van der Waals surface area contributed by atoms with Crippen molar-refractivity contribution < 1.29 is 0 Å². The van der Waals surface area contributed by atoms with Gasteiger partial charge in [0.1, 0.15) is 0 Å². The number of rotatable bonds is 4. The average Bonchev–Trinajstić information content (AvgIpc) is 3.12. The Morgan fingerprint density at radius 3 is 2.82 bits per heavy atom. The maximum absolute atomic E-state index is 5.99. The summed E-state index contributed by atoms with van der Waals surface area (Å²) in [4.78, 5) is 6.84. The van der Waals surface area contributed by atoms with Gasteiger partial charge >= 0.3 is 0 Å². The van der Waals surface area contributed by atoms with Crippen molar-refractivity contribution in [2.75, 3.05) is 31.1 Å². The van der Waals surface area contributed by atoms with Gasteiger partial charge in [0.15, 0.2) is 0 Å². The minimum absolute atomic E-state index is 0.360. The van der Waals surface area contributed by atoms with E-state index < -0.39 is 0 Å². The molecule has 17 heavy (non-hydrogen) atoms. The first-order chi connectivity index (χ1) is 8.40. The monoisotopic (exact) mass is 252 g/mol. The second kappa shape index (κ2) is 5.00. The van der Waals surface area contributed by atoms with Gasteiger partial charge in [-0.05, 0) is 12.8 Å². The standard InChI is InChI=1S/C12H20N4S/c13-7-11(15-3-5-17-6-4-15)12-8-14-9-16(12)10-1-2-10/h8-11H,1-7,13H2. The Hall–Kier alpha value is -0.520. The predicted octanol–water partition coefficient (Wildman–Crippen LogP) is 1.27. The molecule has 1 aliphatic heterocycles. The van der Waals surface area contributed by atoms with Crippen LogP contribution in [0.2, 0.25) is 0 Å². The summed E-state index contributed by atoms with van der Waals surface area (Å²) in [5.74, 6) is 2.46. The van der Waals surface area contributed by atoms with E-state index in [0.717, 1.165) is 13.1 Å². The van der Waals surface area contributed by atoms with Crippen LogP contribution >= 0.6 is 11.8 Å². The van der Waals surface area contributed by atoms with Crippen molar-refractivity contribution in [2.24, 2.45) is 5.73 Å². The Kier molecular flexibility index (Phi) is 3.40. The number of hydrogen-bond acceptors (Lipinski definition) is 4. The molecule has 94 valence electrons. The number of nitrogens with zero attached hydrogens (tertiary/aromatic N) is 3. The molecular formula is C12H20N4S. The third-order valence-electron chi connectivity index (χ3n) is 3.69. The molecule has 1 aliphatic carbocycles. The maximum Gasteiger partial charge on any atom is 0.0951 e. The number of hydrogen-bond donors (Lipinski definition) is 1. The maximum atomic E-state index is 5.99. The molecule has 1 unspecified atom stereocenters. The van der Waals surface area contributed by atoms with E-state index in [0.29, 0.717) is 18.6 Å². The summed E-state index contributed by atoms with van der Waals surface area (Å²) in [6, 6.07) is 1.06.